The molecule has 3 nitrogen and oxygen atoms in total. The van der Waals surface area contributed by atoms with Crippen LogP contribution in [-0.2, 0) is 11.3 Å². The number of rotatable bonds is 5. The van der Waals surface area contributed by atoms with E-state index in [0.29, 0.717) is 12.3 Å². The number of carbonyl (C=O) groups excluding carboxylic acids is 1. The molecule has 4 heteroatoms. The molecule has 0 heterocycles. The van der Waals surface area contributed by atoms with Crippen LogP contribution in [-0.4, -0.2) is 24.5 Å². The van der Waals surface area contributed by atoms with E-state index in [4.69, 9.17) is 4.74 Å². The van der Waals surface area contributed by atoms with E-state index < -0.39 is 0 Å². The van der Waals surface area contributed by atoms with Gasteiger partial charge in [0.25, 0.3) is 5.91 Å². The molecule has 0 atom stereocenters. The molecule has 0 fully saturated rings. The van der Waals surface area contributed by atoms with Crippen molar-refractivity contribution in [2.24, 2.45) is 0 Å². The first-order valence-electron chi connectivity index (χ1n) is 6.31. The van der Waals surface area contributed by atoms with Gasteiger partial charge in [0.05, 0.1) is 0 Å². The highest BCUT2D eigenvalue weighted by molar-refractivity contribution is 9.10. The molecule has 0 radical (unpaired) electrons. The van der Waals surface area contributed by atoms with Gasteiger partial charge in [0.15, 0.2) is 6.61 Å². The minimum atomic E-state index is -0.0474. The van der Waals surface area contributed by atoms with Crippen molar-refractivity contribution >= 4 is 21.8 Å². The number of likely N-dealkylation sites (N-methyl/N-ethyl adjacent to an activating group) is 1. The second-order valence-corrected chi connectivity index (χ2v) is 5.40. The van der Waals surface area contributed by atoms with Crippen LogP contribution in [0.2, 0.25) is 0 Å². The van der Waals surface area contributed by atoms with Gasteiger partial charge in [-0.25, -0.2) is 0 Å². The van der Waals surface area contributed by atoms with Crippen LogP contribution in [0.4, 0.5) is 0 Å². The minimum Gasteiger partial charge on any atom is -0.484 e. The van der Waals surface area contributed by atoms with Crippen molar-refractivity contribution in [2.75, 3.05) is 13.7 Å². The van der Waals surface area contributed by atoms with Crippen LogP contribution in [0, 0.1) is 0 Å². The van der Waals surface area contributed by atoms with E-state index in [0.717, 1.165) is 10.0 Å². The fourth-order valence-corrected chi connectivity index (χ4v) is 2.14. The molecular weight excluding hydrogens is 318 g/mol. The molecule has 0 N–H and O–H groups in total. The van der Waals surface area contributed by atoms with Crippen LogP contribution >= 0.6 is 15.9 Å². The Morgan fingerprint density at radius 1 is 1.15 bits per heavy atom. The van der Waals surface area contributed by atoms with Crippen molar-refractivity contribution in [3.63, 3.8) is 0 Å². The van der Waals surface area contributed by atoms with Crippen LogP contribution < -0.4 is 4.74 Å². The molecule has 2 aromatic rings. The Kier molecular flexibility index (Phi) is 5.18. The molecule has 0 saturated carbocycles. The summed E-state index contributed by atoms with van der Waals surface area (Å²) in [7, 11) is 1.78. The highest BCUT2D eigenvalue weighted by atomic mass is 79.9. The second kappa shape index (κ2) is 7.10. The third-order valence-electron chi connectivity index (χ3n) is 2.85. The van der Waals surface area contributed by atoms with Crippen molar-refractivity contribution in [3.05, 3.63) is 64.6 Å². The van der Waals surface area contributed by atoms with E-state index in [1.54, 1.807) is 11.9 Å². The van der Waals surface area contributed by atoms with E-state index in [1.165, 1.54) is 0 Å². The molecule has 1 amide bonds. The number of benzene rings is 2. The normalized spacial score (nSPS) is 10.1. The lowest BCUT2D eigenvalue weighted by Crippen LogP contribution is -2.30. The first-order valence-corrected chi connectivity index (χ1v) is 7.11. The molecule has 2 rings (SSSR count). The maximum Gasteiger partial charge on any atom is 0.260 e. The Bertz CT molecular complexity index is 572. The number of nitrogens with zero attached hydrogens (tertiary/aromatic N) is 1. The van der Waals surface area contributed by atoms with Gasteiger partial charge in [-0.05, 0) is 23.8 Å². The summed E-state index contributed by atoms with van der Waals surface area (Å²) in [5.41, 5.74) is 1.10. The summed E-state index contributed by atoms with van der Waals surface area (Å²) in [5, 5.41) is 0. The summed E-state index contributed by atoms with van der Waals surface area (Å²) in [5.74, 6) is 0.634. The Labute approximate surface area is 127 Å². The summed E-state index contributed by atoms with van der Waals surface area (Å²) in [6.07, 6.45) is 0. The van der Waals surface area contributed by atoms with Gasteiger partial charge in [-0.2, -0.15) is 0 Å². The topological polar surface area (TPSA) is 29.5 Å². The van der Waals surface area contributed by atoms with Crippen molar-refractivity contribution in [1.82, 2.24) is 4.90 Å². The Morgan fingerprint density at radius 2 is 1.90 bits per heavy atom. The smallest absolute Gasteiger partial charge is 0.260 e. The monoisotopic (exact) mass is 333 g/mol. The lowest BCUT2D eigenvalue weighted by molar-refractivity contribution is -0.132. The van der Waals surface area contributed by atoms with Gasteiger partial charge in [-0.3, -0.25) is 4.79 Å². The molecule has 104 valence electrons. The molecule has 0 saturated heterocycles. The second-order valence-electron chi connectivity index (χ2n) is 4.48. The quantitative estimate of drug-likeness (QED) is 0.838. The predicted molar refractivity (Wildman–Crippen MR) is 82.6 cm³/mol. The number of hydrogen-bond acceptors (Lipinski definition) is 2. The zero-order valence-corrected chi connectivity index (χ0v) is 12.8. The van der Waals surface area contributed by atoms with Gasteiger partial charge in [0.1, 0.15) is 5.75 Å². The number of hydrogen-bond donors (Lipinski definition) is 0. The number of halogens is 1. The first-order chi connectivity index (χ1) is 9.65. The van der Waals surface area contributed by atoms with Crippen LogP contribution in [0.5, 0.6) is 5.75 Å². The average Bonchev–Trinajstić information content (AvgIpc) is 2.46. The molecule has 0 aliphatic carbocycles. The van der Waals surface area contributed by atoms with Crippen molar-refractivity contribution in [1.29, 1.82) is 0 Å². The molecule has 2 aromatic carbocycles. The van der Waals surface area contributed by atoms with Gasteiger partial charge in [0.2, 0.25) is 0 Å². The van der Waals surface area contributed by atoms with Crippen molar-refractivity contribution in [3.8, 4) is 5.75 Å². The number of amides is 1. The van der Waals surface area contributed by atoms with Gasteiger partial charge in [-0.1, -0.05) is 52.3 Å². The fraction of sp³-hybridized carbons (Fsp3) is 0.188. The van der Waals surface area contributed by atoms with Gasteiger partial charge < -0.3 is 9.64 Å². The lowest BCUT2D eigenvalue weighted by Gasteiger charge is -2.17. The average molecular weight is 334 g/mol. The van der Waals surface area contributed by atoms with E-state index in [1.807, 2.05) is 54.6 Å². The number of ether oxygens (including phenoxy) is 1. The van der Waals surface area contributed by atoms with Crippen LogP contribution in [0.3, 0.4) is 0 Å². The maximum atomic E-state index is 12.0. The van der Waals surface area contributed by atoms with Crippen LogP contribution in [0.15, 0.2) is 59.1 Å². The summed E-state index contributed by atoms with van der Waals surface area (Å²) < 4.78 is 6.42. The molecular formula is C16H16BrNO2. The van der Waals surface area contributed by atoms with Gasteiger partial charge >= 0.3 is 0 Å². The molecule has 0 spiro atoms. The SMILES string of the molecule is CN(Cc1ccccc1)C(=O)COc1cccc(Br)c1. The minimum absolute atomic E-state index is 0.0415. The molecule has 0 aromatic heterocycles. The van der Waals surface area contributed by atoms with Crippen LogP contribution in [0.1, 0.15) is 5.56 Å². The van der Waals surface area contributed by atoms with E-state index in [9.17, 15) is 4.79 Å². The highest BCUT2D eigenvalue weighted by Crippen LogP contribution is 2.17. The predicted octanol–water partition coefficient (Wildman–Crippen LogP) is 3.49. The zero-order chi connectivity index (χ0) is 14.4. The molecule has 0 aliphatic heterocycles. The summed E-state index contributed by atoms with van der Waals surface area (Å²) >= 11 is 3.37. The lowest BCUT2D eigenvalue weighted by atomic mass is 10.2. The molecule has 0 aliphatic rings. The standard InChI is InChI=1S/C16H16BrNO2/c1-18(11-13-6-3-2-4-7-13)16(19)12-20-15-9-5-8-14(17)10-15/h2-10H,11-12H2,1H3. The molecule has 0 bridgehead atoms. The van der Waals surface area contributed by atoms with Crippen molar-refractivity contribution in [2.45, 2.75) is 6.54 Å². The Morgan fingerprint density at radius 3 is 2.60 bits per heavy atom. The van der Waals surface area contributed by atoms with Crippen LogP contribution in [0.25, 0.3) is 0 Å². The summed E-state index contributed by atoms with van der Waals surface area (Å²) in [6.45, 7) is 0.626. The maximum absolute atomic E-state index is 12.0. The van der Waals surface area contributed by atoms with E-state index in [-0.39, 0.29) is 12.5 Å². The summed E-state index contributed by atoms with van der Waals surface area (Å²) in [4.78, 5) is 13.7. The largest absolute Gasteiger partial charge is 0.484 e. The van der Waals surface area contributed by atoms with Gasteiger partial charge in [0, 0.05) is 18.1 Å². The van der Waals surface area contributed by atoms with E-state index >= 15 is 0 Å². The molecule has 0 unspecified atom stereocenters. The number of carbonyl (C=O) groups is 1. The molecule has 20 heavy (non-hydrogen) atoms. The zero-order valence-electron chi connectivity index (χ0n) is 11.3. The third kappa shape index (κ3) is 4.38. The Balaban J connectivity index is 1.85. The fourth-order valence-electron chi connectivity index (χ4n) is 1.76. The van der Waals surface area contributed by atoms with Gasteiger partial charge in [-0.15, -0.1) is 0 Å². The van der Waals surface area contributed by atoms with E-state index in [2.05, 4.69) is 15.9 Å². The third-order valence-corrected chi connectivity index (χ3v) is 3.34. The first kappa shape index (κ1) is 14.6. The highest BCUT2D eigenvalue weighted by Gasteiger charge is 2.10. The Hall–Kier alpha value is -1.81. The summed E-state index contributed by atoms with van der Waals surface area (Å²) in [6, 6.07) is 17.3. The van der Waals surface area contributed by atoms with Crippen molar-refractivity contribution < 1.29 is 9.53 Å².